The van der Waals surface area contributed by atoms with E-state index in [0.717, 1.165) is 11.3 Å². The van der Waals surface area contributed by atoms with E-state index in [1.165, 1.54) is 6.07 Å². The molecule has 0 aliphatic heterocycles. The summed E-state index contributed by atoms with van der Waals surface area (Å²) in [5.41, 5.74) is 5.06. The van der Waals surface area contributed by atoms with Gasteiger partial charge < -0.3 is 16.3 Å². The van der Waals surface area contributed by atoms with Crippen LogP contribution in [0, 0.1) is 0 Å². The van der Waals surface area contributed by atoms with Crippen molar-refractivity contribution in [1.29, 1.82) is 0 Å². The van der Waals surface area contributed by atoms with Crippen LogP contribution < -0.4 is 11.1 Å². The van der Waals surface area contributed by atoms with E-state index in [2.05, 4.69) is 10.5 Å². The first-order valence-electron chi connectivity index (χ1n) is 5.65. The molecular weight excluding hydrogens is 309 g/mol. The summed E-state index contributed by atoms with van der Waals surface area (Å²) in [7, 11) is 0. The number of rotatable bonds is 5. The van der Waals surface area contributed by atoms with Gasteiger partial charge in [-0.1, -0.05) is 42.2 Å². The maximum atomic E-state index is 12.2. The van der Waals surface area contributed by atoms with E-state index < -0.39 is 11.4 Å². The number of carbonyl (C=O) groups is 1. The minimum absolute atomic E-state index is 0.0386. The first-order chi connectivity index (χ1) is 8.90. The highest BCUT2D eigenvalue weighted by Gasteiger charge is 2.34. The molecule has 19 heavy (non-hydrogen) atoms. The van der Waals surface area contributed by atoms with Crippen LogP contribution in [0.4, 0.5) is 0 Å². The Morgan fingerprint density at radius 2 is 2.11 bits per heavy atom. The maximum Gasteiger partial charge on any atom is 0.254 e. The molecule has 0 aliphatic rings. The Bertz CT molecular complexity index is 498. The second-order valence-corrected chi connectivity index (χ2v) is 6.25. The van der Waals surface area contributed by atoms with Gasteiger partial charge in [-0.2, -0.15) is 0 Å². The SMILES string of the molecule is CCC(CC)(NC(=O)c1cc(Cl)sc1Cl)/C(N)=N/O. The molecule has 1 amide bonds. The highest BCUT2D eigenvalue weighted by atomic mass is 35.5. The van der Waals surface area contributed by atoms with Crippen molar-refractivity contribution >= 4 is 46.3 Å². The van der Waals surface area contributed by atoms with Gasteiger partial charge in [0.25, 0.3) is 5.91 Å². The quantitative estimate of drug-likeness (QED) is 0.337. The van der Waals surface area contributed by atoms with Crippen LogP contribution in [0.2, 0.25) is 8.67 Å². The molecule has 8 heteroatoms. The van der Waals surface area contributed by atoms with Gasteiger partial charge in [-0.3, -0.25) is 4.79 Å². The summed E-state index contributed by atoms with van der Waals surface area (Å²) in [5.74, 6) is -0.438. The third-order valence-electron chi connectivity index (χ3n) is 3.06. The van der Waals surface area contributed by atoms with E-state index in [4.69, 9.17) is 34.1 Å². The molecule has 1 aromatic heterocycles. The largest absolute Gasteiger partial charge is 0.409 e. The van der Waals surface area contributed by atoms with Crippen molar-refractivity contribution in [3.63, 3.8) is 0 Å². The number of amidine groups is 1. The number of nitrogens with zero attached hydrogens (tertiary/aromatic N) is 1. The van der Waals surface area contributed by atoms with Gasteiger partial charge in [-0.05, 0) is 18.9 Å². The standard InChI is InChI=1S/C11H15Cl2N3O2S/c1-3-11(4-2,10(14)16-18)15-9(17)6-5-7(12)19-8(6)13/h5,18H,3-4H2,1-2H3,(H2,14,16)(H,15,17). The van der Waals surface area contributed by atoms with E-state index in [1.807, 2.05) is 13.8 Å². The topological polar surface area (TPSA) is 87.7 Å². The van der Waals surface area contributed by atoms with Gasteiger partial charge in [0.15, 0.2) is 5.84 Å². The molecule has 1 heterocycles. The van der Waals surface area contributed by atoms with E-state index >= 15 is 0 Å². The van der Waals surface area contributed by atoms with Crippen LogP contribution in [0.1, 0.15) is 37.0 Å². The zero-order chi connectivity index (χ0) is 14.6. The third-order valence-corrected chi connectivity index (χ3v) is 4.55. The number of hydrogen-bond donors (Lipinski definition) is 3. The Balaban J connectivity index is 3.04. The molecule has 0 fully saturated rings. The van der Waals surface area contributed by atoms with Crippen molar-refractivity contribution in [3.8, 4) is 0 Å². The van der Waals surface area contributed by atoms with Crippen LogP contribution in [0.25, 0.3) is 0 Å². The third kappa shape index (κ3) is 3.32. The Morgan fingerprint density at radius 1 is 1.53 bits per heavy atom. The number of hydrogen-bond acceptors (Lipinski definition) is 4. The van der Waals surface area contributed by atoms with Crippen molar-refractivity contribution in [2.75, 3.05) is 0 Å². The smallest absolute Gasteiger partial charge is 0.254 e. The van der Waals surface area contributed by atoms with Gasteiger partial charge in [0.1, 0.15) is 9.88 Å². The monoisotopic (exact) mass is 323 g/mol. The average Bonchev–Trinajstić information content (AvgIpc) is 2.74. The lowest BCUT2D eigenvalue weighted by Gasteiger charge is -2.31. The van der Waals surface area contributed by atoms with Crippen LogP contribution in [0.15, 0.2) is 11.2 Å². The van der Waals surface area contributed by atoms with Crippen molar-refractivity contribution < 1.29 is 10.0 Å². The summed E-state index contributed by atoms with van der Waals surface area (Å²) in [6, 6.07) is 1.49. The van der Waals surface area contributed by atoms with Crippen LogP contribution in [-0.4, -0.2) is 22.5 Å². The predicted molar refractivity (Wildman–Crippen MR) is 78.5 cm³/mol. The molecular formula is C11H15Cl2N3O2S. The molecule has 0 atom stereocenters. The van der Waals surface area contributed by atoms with Gasteiger partial charge in [0.05, 0.1) is 9.90 Å². The Kier molecular flexibility index (Phi) is 5.46. The van der Waals surface area contributed by atoms with Crippen molar-refractivity contribution in [3.05, 3.63) is 20.3 Å². The van der Waals surface area contributed by atoms with Crippen molar-refractivity contribution in [2.45, 2.75) is 32.2 Å². The molecule has 0 aliphatic carbocycles. The average molecular weight is 324 g/mol. The number of nitrogens with two attached hydrogens (primary N) is 1. The van der Waals surface area contributed by atoms with Gasteiger partial charge >= 0.3 is 0 Å². The van der Waals surface area contributed by atoms with E-state index in [-0.39, 0.29) is 11.4 Å². The minimum Gasteiger partial charge on any atom is -0.409 e. The van der Waals surface area contributed by atoms with Crippen LogP contribution in [-0.2, 0) is 0 Å². The molecule has 4 N–H and O–H groups in total. The summed E-state index contributed by atoms with van der Waals surface area (Å²) in [6.45, 7) is 3.67. The molecule has 0 saturated carbocycles. The molecule has 0 radical (unpaired) electrons. The number of thiophene rings is 1. The highest BCUT2D eigenvalue weighted by Crippen LogP contribution is 2.31. The molecule has 0 spiro atoms. The zero-order valence-electron chi connectivity index (χ0n) is 10.5. The van der Waals surface area contributed by atoms with Gasteiger partial charge in [-0.25, -0.2) is 0 Å². The van der Waals surface area contributed by atoms with Crippen molar-refractivity contribution in [1.82, 2.24) is 5.32 Å². The fourth-order valence-corrected chi connectivity index (χ4v) is 3.19. The van der Waals surface area contributed by atoms with E-state index in [1.54, 1.807) is 0 Å². The molecule has 106 valence electrons. The summed E-state index contributed by atoms with van der Waals surface area (Å²) in [5, 5.41) is 14.6. The Morgan fingerprint density at radius 3 is 2.47 bits per heavy atom. The molecule has 1 rings (SSSR count). The highest BCUT2D eigenvalue weighted by molar-refractivity contribution is 7.20. The number of nitrogens with one attached hydrogen (secondary N) is 1. The molecule has 0 aromatic carbocycles. The Hall–Kier alpha value is -0.980. The number of carbonyl (C=O) groups excluding carboxylic acids is 1. The summed E-state index contributed by atoms with van der Waals surface area (Å²) in [6.07, 6.45) is 0.973. The van der Waals surface area contributed by atoms with Crippen molar-refractivity contribution in [2.24, 2.45) is 10.9 Å². The first-order valence-corrected chi connectivity index (χ1v) is 7.22. The number of oxime groups is 1. The summed E-state index contributed by atoms with van der Waals surface area (Å²) < 4.78 is 0.737. The van der Waals surface area contributed by atoms with Crippen LogP contribution in [0.5, 0.6) is 0 Å². The molecule has 0 bridgehead atoms. The lowest BCUT2D eigenvalue weighted by atomic mass is 9.91. The van der Waals surface area contributed by atoms with E-state index in [0.29, 0.717) is 21.5 Å². The lowest BCUT2D eigenvalue weighted by molar-refractivity contribution is 0.0918. The van der Waals surface area contributed by atoms with Gasteiger partial charge in [-0.15, -0.1) is 11.3 Å². The predicted octanol–water partition coefficient (Wildman–Crippen LogP) is 3.09. The zero-order valence-corrected chi connectivity index (χ0v) is 12.9. The van der Waals surface area contributed by atoms with Gasteiger partial charge in [0, 0.05) is 0 Å². The summed E-state index contributed by atoms with van der Waals surface area (Å²) in [4.78, 5) is 12.2. The molecule has 0 saturated heterocycles. The fraction of sp³-hybridized carbons (Fsp3) is 0.455. The molecule has 1 aromatic rings. The first kappa shape index (κ1) is 16.1. The Labute approximate surface area is 125 Å². The normalized spacial score (nSPS) is 12.5. The lowest BCUT2D eigenvalue weighted by Crippen LogP contribution is -2.56. The molecule has 5 nitrogen and oxygen atoms in total. The fourth-order valence-electron chi connectivity index (χ4n) is 1.73. The maximum absolute atomic E-state index is 12.2. The van der Waals surface area contributed by atoms with E-state index in [9.17, 15) is 4.79 Å². The van der Waals surface area contributed by atoms with Gasteiger partial charge in [0.2, 0.25) is 0 Å². The minimum atomic E-state index is -0.899. The second-order valence-electron chi connectivity index (χ2n) is 3.97. The number of halogens is 2. The summed E-state index contributed by atoms with van der Waals surface area (Å²) >= 11 is 12.8. The number of amides is 1. The molecule has 0 unspecified atom stereocenters. The second kappa shape index (κ2) is 6.45. The van der Waals surface area contributed by atoms with Crippen LogP contribution >= 0.6 is 34.5 Å². The van der Waals surface area contributed by atoms with Crippen LogP contribution in [0.3, 0.4) is 0 Å².